The van der Waals surface area contributed by atoms with Crippen LogP contribution < -0.4 is 0 Å². The van der Waals surface area contributed by atoms with Crippen molar-refractivity contribution in [2.75, 3.05) is 0 Å². The molecule has 0 aliphatic heterocycles. The topological polar surface area (TPSA) is 74.6 Å². The van der Waals surface area contributed by atoms with E-state index in [1.54, 1.807) is 0 Å². The van der Waals surface area contributed by atoms with Crippen LogP contribution in [-0.2, 0) is 9.59 Å². The van der Waals surface area contributed by atoms with E-state index in [1.165, 1.54) is 218 Å². The zero-order chi connectivity index (χ0) is 39.5. The molecule has 0 saturated heterocycles. The number of carboxylic acids is 2. The second kappa shape index (κ2) is 43.1. The molecule has 0 amide bonds. The zero-order valence-corrected chi connectivity index (χ0v) is 37.0. The maximum absolute atomic E-state index is 12.8. The Morgan fingerprint density at radius 3 is 0.667 bits per heavy atom. The maximum atomic E-state index is 12.8. The van der Waals surface area contributed by atoms with Crippen molar-refractivity contribution in [1.29, 1.82) is 0 Å². The molecule has 4 nitrogen and oxygen atoms in total. The van der Waals surface area contributed by atoms with Crippen molar-refractivity contribution in [1.82, 2.24) is 0 Å². The largest absolute Gasteiger partial charge is 0.481 e. The molecule has 0 rings (SSSR count). The predicted molar refractivity (Wildman–Crippen MR) is 237 cm³/mol. The molecule has 0 aromatic carbocycles. The Bertz CT molecular complexity index is 724. The molecule has 0 aromatic heterocycles. The molecule has 0 saturated carbocycles. The van der Waals surface area contributed by atoms with E-state index in [2.05, 4.69) is 13.8 Å². The van der Waals surface area contributed by atoms with Crippen LogP contribution in [0.5, 0.6) is 0 Å². The molecule has 0 spiro atoms. The number of rotatable bonds is 47. The lowest BCUT2D eigenvalue weighted by Crippen LogP contribution is -2.31. The second-order valence-corrected chi connectivity index (χ2v) is 17.8. The van der Waals surface area contributed by atoms with Gasteiger partial charge in [-0.25, -0.2) is 0 Å². The standard InChI is InChI=1S/C50H98O4/c1-3-5-7-9-11-13-15-17-19-21-23-25-27-29-31-33-37-41-45-50(49(53)54,47-43-39-35-36-40-44-48(51)52)46-42-38-34-32-30-28-26-24-22-20-18-16-14-12-10-8-6-4-2/h3-47H2,1-2H3,(H,51,52)(H,53,54). The molecular formula is C50H98O4. The van der Waals surface area contributed by atoms with Crippen LogP contribution in [0.1, 0.15) is 303 Å². The fraction of sp³-hybridized carbons (Fsp3) is 0.960. The molecule has 0 aliphatic rings. The number of hydrogen-bond acceptors (Lipinski definition) is 2. The van der Waals surface area contributed by atoms with Gasteiger partial charge in [-0.15, -0.1) is 0 Å². The molecule has 0 radical (unpaired) electrons. The minimum Gasteiger partial charge on any atom is -0.481 e. The summed E-state index contributed by atoms with van der Waals surface area (Å²) in [6.45, 7) is 4.58. The molecule has 54 heavy (non-hydrogen) atoms. The average molecular weight is 763 g/mol. The summed E-state index contributed by atoms with van der Waals surface area (Å²) in [5.74, 6) is -1.28. The number of hydrogen-bond donors (Lipinski definition) is 2. The van der Waals surface area contributed by atoms with Crippen molar-refractivity contribution >= 4 is 11.9 Å². The Balaban J connectivity index is 4.17. The van der Waals surface area contributed by atoms with Crippen LogP contribution in [0.4, 0.5) is 0 Å². The first kappa shape index (κ1) is 52.9. The van der Waals surface area contributed by atoms with E-state index >= 15 is 0 Å². The van der Waals surface area contributed by atoms with Crippen molar-refractivity contribution < 1.29 is 19.8 Å². The van der Waals surface area contributed by atoms with E-state index < -0.39 is 17.4 Å². The van der Waals surface area contributed by atoms with E-state index in [-0.39, 0.29) is 6.42 Å². The summed E-state index contributed by atoms with van der Waals surface area (Å²) >= 11 is 0. The summed E-state index contributed by atoms with van der Waals surface area (Å²) in [7, 11) is 0. The molecule has 0 bridgehead atoms. The molecule has 0 fully saturated rings. The van der Waals surface area contributed by atoms with Crippen molar-refractivity contribution in [2.45, 2.75) is 303 Å². The lowest BCUT2D eigenvalue weighted by molar-refractivity contribution is -0.151. The van der Waals surface area contributed by atoms with E-state index in [9.17, 15) is 14.7 Å². The highest BCUT2D eigenvalue weighted by atomic mass is 16.4. The first-order valence-electron chi connectivity index (χ1n) is 24.9. The Morgan fingerprint density at radius 1 is 0.296 bits per heavy atom. The SMILES string of the molecule is CCCCCCCCCCCCCCCCCCCCC(CCCCCCCCCCCCCCCCCCCC)(CCCCCCCC(=O)O)C(=O)O. The Kier molecular flexibility index (Phi) is 42.2. The summed E-state index contributed by atoms with van der Waals surface area (Å²) in [6.07, 6.45) is 56.2. The van der Waals surface area contributed by atoms with Gasteiger partial charge in [-0.3, -0.25) is 9.59 Å². The third-order valence-electron chi connectivity index (χ3n) is 12.5. The molecule has 4 heteroatoms. The highest BCUT2D eigenvalue weighted by molar-refractivity contribution is 5.74. The minimum atomic E-state index is -0.714. The lowest BCUT2D eigenvalue weighted by Gasteiger charge is -2.30. The molecule has 0 unspecified atom stereocenters. The average Bonchev–Trinajstić information content (AvgIpc) is 3.16. The van der Waals surface area contributed by atoms with E-state index in [0.29, 0.717) is 0 Å². The highest BCUT2D eigenvalue weighted by Crippen LogP contribution is 2.38. The van der Waals surface area contributed by atoms with E-state index in [4.69, 9.17) is 5.11 Å². The van der Waals surface area contributed by atoms with Gasteiger partial charge in [-0.1, -0.05) is 271 Å². The molecular weight excluding hydrogens is 665 g/mol. The molecule has 0 aromatic rings. The summed E-state index contributed by atoms with van der Waals surface area (Å²) in [5, 5.41) is 19.5. The van der Waals surface area contributed by atoms with Gasteiger partial charge in [-0.05, 0) is 25.7 Å². The number of unbranched alkanes of at least 4 members (excludes halogenated alkanes) is 38. The summed E-state index contributed by atoms with van der Waals surface area (Å²) in [6, 6.07) is 0. The fourth-order valence-electron chi connectivity index (χ4n) is 8.70. The molecule has 0 aliphatic carbocycles. The van der Waals surface area contributed by atoms with Crippen LogP contribution >= 0.6 is 0 Å². The molecule has 0 heterocycles. The van der Waals surface area contributed by atoms with Crippen LogP contribution in [0.25, 0.3) is 0 Å². The van der Waals surface area contributed by atoms with Crippen LogP contribution in [0.15, 0.2) is 0 Å². The quantitative estimate of drug-likeness (QED) is 0.0606. The summed E-state index contributed by atoms with van der Waals surface area (Å²) < 4.78 is 0. The van der Waals surface area contributed by atoms with Gasteiger partial charge < -0.3 is 10.2 Å². The van der Waals surface area contributed by atoms with Crippen LogP contribution in [-0.4, -0.2) is 22.2 Å². The van der Waals surface area contributed by atoms with Gasteiger partial charge in [0, 0.05) is 6.42 Å². The smallest absolute Gasteiger partial charge is 0.309 e. The normalized spacial score (nSPS) is 11.8. The Hall–Kier alpha value is -1.06. The Morgan fingerprint density at radius 2 is 0.481 bits per heavy atom. The van der Waals surface area contributed by atoms with Crippen molar-refractivity contribution in [3.8, 4) is 0 Å². The van der Waals surface area contributed by atoms with Gasteiger partial charge in [0.15, 0.2) is 0 Å². The third-order valence-corrected chi connectivity index (χ3v) is 12.5. The van der Waals surface area contributed by atoms with Gasteiger partial charge in [0.25, 0.3) is 0 Å². The van der Waals surface area contributed by atoms with Crippen LogP contribution in [0.3, 0.4) is 0 Å². The third kappa shape index (κ3) is 37.8. The number of carboxylic acid groups (broad SMARTS) is 2. The van der Waals surface area contributed by atoms with Gasteiger partial charge in [0.05, 0.1) is 5.41 Å². The van der Waals surface area contributed by atoms with Gasteiger partial charge >= 0.3 is 11.9 Å². The molecule has 322 valence electrons. The maximum Gasteiger partial charge on any atom is 0.309 e. The number of aliphatic carboxylic acids is 2. The molecule has 0 atom stereocenters. The molecule has 2 N–H and O–H groups in total. The van der Waals surface area contributed by atoms with Crippen molar-refractivity contribution in [3.63, 3.8) is 0 Å². The van der Waals surface area contributed by atoms with E-state index in [0.717, 1.165) is 64.2 Å². The monoisotopic (exact) mass is 763 g/mol. The second-order valence-electron chi connectivity index (χ2n) is 17.8. The number of carbonyl (C=O) groups is 2. The zero-order valence-electron chi connectivity index (χ0n) is 37.0. The summed E-state index contributed by atoms with van der Waals surface area (Å²) in [5.41, 5.74) is -0.564. The van der Waals surface area contributed by atoms with Gasteiger partial charge in [0.1, 0.15) is 0 Å². The fourth-order valence-corrected chi connectivity index (χ4v) is 8.70. The van der Waals surface area contributed by atoms with Gasteiger partial charge in [-0.2, -0.15) is 0 Å². The first-order chi connectivity index (χ1) is 26.5. The predicted octanol–water partition coefficient (Wildman–Crippen LogP) is 17.7. The first-order valence-corrected chi connectivity index (χ1v) is 24.9. The lowest BCUT2D eigenvalue weighted by atomic mass is 9.74. The Labute approximate surface area is 339 Å². The minimum absolute atomic E-state index is 0.248. The van der Waals surface area contributed by atoms with Crippen LogP contribution in [0, 0.1) is 5.41 Å². The highest BCUT2D eigenvalue weighted by Gasteiger charge is 2.36. The van der Waals surface area contributed by atoms with Gasteiger partial charge in [0.2, 0.25) is 0 Å². The van der Waals surface area contributed by atoms with Crippen LogP contribution in [0.2, 0.25) is 0 Å². The van der Waals surface area contributed by atoms with E-state index in [1.807, 2.05) is 0 Å². The van der Waals surface area contributed by atoms with Crippen molar-refractivity contribution in [2.24, 2.45) is 5.41 Å². The summed E-state index contributed by atoms with van der Waals surface area (Å²) in [4.78, 5) is 23.7. The van der Waals surface area contributed by atoms with Crippen molar-refractivity contribution in [3.05, 3.63) is 0 Å².